The van der Waals surface area contributed by atoms with Gasteiger partial charge in [-0.25, -0.2) is 4.99 Å². The van der Waals surface area contributed by atoms with Gasteiger partial charge in [0, 0.05) is 18.9 Å². The number of nitro groups is 1. The van der Waals surface area contributed by atoms with Gasteiger partial charge >= 0.3 is 0 Å². The zero-order valence-corrected chi connectivity index (χ0v) is 9.61. The van der Waals surface area contributed by atoms with Crippen molar-refractivity contribution in [1.82, 2.24) is 5.06 Å². The van der Waals surface area contributed by atoms with Crippen LogP contribution in [0.15, 0.2) is 35.3 Å². The normalized spacial score (nSPS) is 21.8. The highest BCUT2D eigenvalue weighted by atomic mass is 16.7. The molecule has 0 N–H and O–H groups in total. The van der Waals surface area contributed by atoms with Crippen molar-refractivity contribution >= 4 is 5.90 Å². The molecule has 2 unspecified atom stereocenters. The van der Waals surface area contributed by atoms with Crippen molar-refractivity contribution in [1.29, 1.82) is 0 Å². The van der Waals surface area contributed by atoms with Gasteiger partial charge in [-0.1, -0.05) is 30.3 Å². The molecule has 1 aliphatic heterocycles. The molecule has 0 saturated heterocycles. The van der Waals surface area contributed by atoms with E-state index in [1.807, 2.05) is 30.3 Å². The second-order valence-electron chi connectivity index (χ2n) is 3.85. The summed E-state index contributed by atoms with van der Waals surface area (Å²) in [6.45, 7) is 1.46. The van der Waals surface area contributed by atoms with Crippen LogP contribution in [0.25, 0.3) is 0 Å². The molecule has 0 aliphatic carbocycles. The number of aliphatic imine (C=N–C) groups is 1. The fourth-order valence-electron chi connectivity index (χ4n) is 1.61. The second kappa shape index (κ2) is 4.50. The number of hydrogen-bond acceptors (Lipinski definition) is 5. The van der Waals surface area contributed by atoms with Gasteiger partial charge in [0.25, 0.3) is 11.9 Å². The van der Waals surface area contributed by atoms with Crippen LogP contribution in [-0.2, 0) is 4.84 Å². The van der Waals surface area contributed by atoms with Crippen molar-refractivity contribution < 1.29 is 9.76 Å². The molecule has 1 aromatic carbocycles. The van der Waals surface area contributed by atoms with Crippen LogP contribution in [0.1, 0.15) is 18.7 Å². The first kappa shape index (κ1) is 11.5. The summed E-state index contributed by atoms with van der Waals surface area (Å²) in [6, 6.07) is 8.60. The van der Waals surface area contributed by atoms with Gasteiger partial charge in [0.15, 0.2) is 6.17 Å². The van der Waals surface area contributed by atoms with Crippen LogP contribution >= 0.6 is 0 Å². The van der Waals surface area contributed by atoms with Crippen molar-refractivity contribution in [3.8, 4) is 0 Å². The molecule has 0 aromatic heterocycles. The monoisotopic (exact) mass is 235 g/mol. The maximum atomic E-state index is 10.7. The van der Waals surface area contributed by atoms with Gasteiger partial charge in [-0.05, 0) is 5.56 Å². The van der Waals surface area contributed by atoms with E-state index in [-0.39, 0.29) is 12.1 Å². The highest BCUT2D eigenvalue weighted by Crippen LogP contribution is 2.27. The Morgan fingerprint density at radius 1 is 1.47 bits per heavy atom. The Hall–Kier alpha value is -1.95. The average molecular weight is 235 g/mol. The molecule has 0 fully saturated rings. The zero-order valence-electron chi connectivity index (χ0n) is 9.61. The van der Waals surface area contributed by atoms with Gasteiger partial charge in [0.1, 0.15) is 0 Å². The third-order valence-electron chi connectivity index (χ3n) is 2.60. The van der Waals surface area contributed by atoms with E-state index < -0.39 is 11.0 Å². The number of nitrogens with zero attached hydrogens (tertiary/aromatic N) is 3. The molecule has 1 aromatic rings. The molecule has 6 nitrogen and oxygen atoms in total. The molecule has 2 rings (SSSR count). The van der Waals surface area contributed by atoms with Crippen molar-refractivity contribution in [3.05, 3.63) is 46.0 Å². The SMILES string of the molecule is CC(C1=NC(c2ccccc2)N(C)O1)[N+](=O)[O-]. The number of hydroxylamine groups is 2. The van der Waals surface area contributed by atoms with Gasteiger partial charge in [0.05, 0.1) is 0 Å². The summed E-state index contributed by atoms with van der Waals surface area (Å²) in [5, 5.41) is 12.2. The molecule has 90 valence electrons. The molecule has 1 aliphatic rings. The largest absolute Gasteiger partial charge is 0.381 e. The van der Waals surface area contributed by atoms with Crippen LogP contribution in [0.5, 0.6) is 0 Å². The third kappa shape index (κ3) is 2.26. The minimum absolute atomic E-state index is 0.145. The fourth-order valence-corrected chi connectivity index (χ4v) is 1.61. The quantitative estimate of drug-likeness (QED) is 0.589. The maximum absolute atomic E-state index is 10.7. The molecule has 0 spiro atoms. The molecular formula is C11H13N3O3. The fraction of sp³-hybridized carbons (Fsp3) is 0.364. The smallest absolute Gasteiger partial charge is 0.286 e. The first-order chi connectivity index (χ1) is 8.09. The lowest BCUT2D eigenvalue weighted by atomic mass is 10.2. The topological polar surface area (TPSA) is 68.0 Å². The van der Waals surface area contributed by atoms with E-state index in [9.17, 15) is 10.1 Å². The van der Waals surface area contributed by atoms with Gasteiger partial charge in [0.2, 0.25) is 0 Å². The van der Waals surface area contributed by atoms with Crippen LogP contribution in [0.3, 0.4) is 0 Å². The van der Waals surface area contributed by atoms with Gasteiger partial charge < -0.3 is 4.84 Å². The number of rotatable bonds is 3. The van der Waals surface area contributed by atoms with Crippen molar-refractivity contribution in [2.45, 2.75) is 19.1 Å². The van der Waals surface area contributed by atoms with E-state index in [0.717, 1.165) is 5.56 Å². The highest BCUT2D eigenvalue weighted by molar-refractivity contribution is 5.81. The summed E-state index contributed by atoms with van der Waals surface area (Å²) >= 11 is 0. The van der Waals surface area contributed by atoms with E-state index >= 15 is 0 Å². The molecule has 0 radical (unpaired) electrons. The van der Waals surface area contributed by atoms with Crippen LogP contribution < -0.4 is 0 Å². The molecule has 0 saturated carbocycles. The molecule has 6 heteroatoms. The molecule has 0 bridgehead atoms. The predicted octanol–water partition coefficient (Wildman–Crippen LogP) is 1.63. The van der Waals surface area contributed by atoms with Crippen LogP contribution in [-0.4, -0.2) is 29.0 Å². The van der Waals surface area contributed by atoms with E-state index in [1.165, 1.54) is 12.0 Å². The van der Waals surface area contributed by atoms with Crippen molar-refractivity contribution in [2.24, 2.45) is 4.99 Å². The summed E-state index contributed by atoms with van der Waals surface area (Å²) in [5.41, 5.74) is 0.945. The summed E-state index contributed by atoms with van der Waals surface area (Å²) in [7, 11) is 1.71. The van der Waals surface area contributed by atoms with E-state index in [4.69, 9.17) is 4.84 Å². The molecular weight excluding hydrogens is 222 g/mol. The molecule has 17 heavy (non-hydrogen) atoms. The zero-order chi connectivity index (χ0) is 12.4. The summed E-state index contributed by atoms with van der Waals surface area (Å²) < 4.78 is 0. The number of benzene rings is 1. The van der Waals surface area contributed by atoms with Crippen LogP contribution in [0.2, 0.25) is 0 Å². The Kier molecular flexibility index (Phi) is 3.06. The first-order valence-corrected chi connectivity index (χ1v) is 5.26. The highest BCUT2D eigenvalue weighted by Gasteiger charge is 2.34. The molecule has 0 amide bonds. The lowest BCUT2D eigenvalue weighted by Crippen LogP contribution is -2.28. The summed E-state index contributed by atoms with van der Waals surface area (Å²) in [4.78, 5) is 19.8. The Morgan fingerprint density at radius 2 is 2.12 bits per heavy atom. The summed E-state index contributed by atoms with van der Waals surface area (Å²) in [6.07, 6.45) is -0.311. The standard InChI is InChI=1S/C11H13N3O3/c1-8(14(15)16)11-12-10(13(2)17-11)9-6-4-3-5-7-9/h3-8,10H,1-2H3. The van der Waals surface area contributed by atoms with Gasteiger partial charge in [-0.2, -0.15) is 0 Å². The third-order valence-corrected chi connectivity index (χ3v) is 2.60. The van der Waals surface area contributed by atoms with Crippen LogP contribution in [0, 0.1) is 10.1 Å². The Bertz CT molecular complexity index is 447. The lowest BCUT2D eigenvalue weighted by Gasteiger charge is -2.15. The predicted molar refractivity (Wildman–Crippen MR) is 61.9 cm³/mol. The molecule has 1 heterocycles. The van der Waals surface area contributed by atoms with E-state index in [1.54, 1.807) is 7.05 Å². The minimum atomic E-state index is -0.925. The van der Waals surface area contributed by atoms with E-state index in [0.29, 0.717) is 0 Å². The average Bonchev–Trinajstić information content (AvgIpc) is 2.71. The Balaban J connectivity index is 2.23. The Morgan fingerprint density at radius 3 is 2.71 bits per heavy atom. The van der Waals surface area contributed by atoms with E-state index in [2.05, 4.69) is 4.99 Å². The second-order valence-corrected chi connectivity index (χ2v) is 3.85. The lowest BCUT2D eigenvalue weighted by molar-refractivity contribution is -0.501. The van der Waals surface area contributed by atoms with Gasteiger partial charge in [-0.15, -0.1) is 5.06 Å². The maximum Gasteiger partial charge on any atom is 0.286 e. The minimum Gasteiger partial charge on any atom is -0.381 e. The van der Waals surface area contributed by atoms with Crippen LogP contribution in [0.4, 0.5) is 0 Å². The Labute approximate surface area is 98.6 Å². The van der Waals surface area contributed by atoms with Crippen molar-refractivity contribution in [3.63, 3.8) is 0 Å². The van der Waals surface area contributed by atoms with Gasteiger partial charge in [-0.3, -0.25) is 10.1 Å². The number of hydrogen-bond donors (Lipinski definition) is 0. The summed E-state index contributed by atoms with van der Waals surface area (Å²) in [5.74, 6) is 0.145. The van der Waals surface area contributed by atoms with Crippen molar-refractivity contribution in [2.75, 3.05) is 7.05 Å². The first-order valence-electron chi connectivity index (χ1n) is 5.26. The molecule has 2 atom stereocenters.